The molecule has 96 valence electrons. The number of rotatable bonds is 5. The van der Waals surface area contributed by atoms with E-state index in [4.69, 9.17) is 10.6 Å². The van der Waals surface area contributed by atoms with Gasteiger partial charge in [-0.2, -0.15) is 0 Å². The van der Waals surface area contributed by atoms with Gasteiger partial charge in [-0.15, -0.1) is 0 Å². The fourth-order valence-corrected chi connectivity index (χ4v) is 1.60. The second-order valence-electron chi connectivity index (χ2n) is 5.24. The third-order valence-electron chi connectivity index (χ3n) is 2.65. The molecule has 1 aromatic carbocycles. The number of ether oxygens (including phenoxy) is 1. The topological polar surface area (TPSA) is 47.3 Å². The van der Waals surface area contributed by atoms with Crippen LogP contribution in [0.5, 0.6) is 0 Å². The molecule has 0 fully saturated rings. The number of benzene rings is 1. The van der Waals surface area contributed by atoms with Crippen LogP contribution in [0, 0.1) is 0 Å². The molecule has 0 amide bonds. The van der Waals surface area contributed by atoms with Crippen molar-refractivity contribution < 1.29 is 4.74 Å². The highest BCUT2D eigenvalue weighted by Gasteiger charge is 2.16. The lowest BCUT2D eigenvalue weighted by molar-refractivity contribution is -0.0148. The molecule has 3 nitrogen and oxygen atoms in total. The van der Waals surface area contributed by atoms with Gasteiger partial charge in [-0.1, -0.05) is 31.2 Å². The Kier molecular flexibility index (Phi) is 5.12. The molecule has 0 saturated heterocycles. The first-order valence-electron chi connectivity index (χ1n) is 6.15. The van der Waals surface area contributed by atoms with Crippen molar-refractivity contribution in [3.05, 3.63) is 35.4 Å². The molecule has 0 aliphatic carbocycles. The number of hydrogen-bond donors (Lipinski definition) is 2. The number of nitrogens with two attached hydrogens (primary N) is 1. The summed E-state index contributed by atoms with van der Waals surface area (Å²) in [5.74, 6) is 5.60. The Hall–Kier alpha value is -0.900. The van der Waals surface area contributed by atoms with Gasteiger partial charge in [-0.05, 0) is 38.3 Å². The predicted octanol–water partition coefficient (Wildman–Crippen LogP) is 2.57. The highest BCUT2D eigenvalue weighted by Crippen LogP contribution is 2.17. The Morgan fingerprint density at radius 1 is 1.35 bits per heavy atom. The zero-order valence-electron chi connectivity index (χ0n) is 11.3. The van der Waals surface area contributed by atoms with Gasteiger partial charge < -0.3 is 4.74 Å². The van der Waals surface area contributed by atoms with Gasteiger partial charge in [-0.3, -0.25) is 11.3 Å². The fraction of sp³-hybridized carbons (Fsp3) is 0.571. The van der Waals surface area contributed by atoms with Crippen molar-refractivity contribution >= 4 is 0 Å². The molecule has 1 unspecified atom stereocenters. The molecule has 0 bridgehead atoms. The highest BCUT2D eigenvalue weighted by atomic mass is 16.5. The van der Waals surface area contributed by atoms with Crippen LogP contribution in [0.25, 0.3) is 0 Å². The van der Waals surface area contributed by atoms with Crippen LogP contribution in [0.4, 0.5) is 0 Å². The van der Waals surface area contributed by atoms with Gasteiger partial charge in [0.1, 0.15) is 0 Å². The van der Waals surface area contributed by atoms with E-state index in [1.807, 2.05) is 20.8 Å². The lowest BCUT2D eigenvalue weighted by atomic mass is 10.0. The molecule has 1 atom stereocenters. The van der Waals surface area contributed by atoms with E-state index in [-0.39, 0.29) is 11.6 Å². The Balaban J connectivity index is 2.72. The van der Waals surface area contributed by atoms with Crippen molar-refractivity contribution in [2.24, 2.45) is 5.84 Å². The van der Waals surface area contributed by atoms with E-state index in [0.717, 1.165) is 6.42 Å². The zero-order valence-corrected chi connectivity index (χ0v) is 11.3. The van der Waals surface area contributed by atoms with Gasteiger partial charge in [0.25, 0.3) is 0 Å². The zero-order chi connectivity index (χ0) is 12.9. The average molecular weight is 236 g/mol. The smallest absolute Gasteiger partial charge is 0.0694 e. The molecule has 0 aliphatic heterocycles. The van der Waals surface area contributed by atoms with E-state index in [0.29, 0.717) is 6.61 Å². The summed E-state index contributed by atoms with van der Waals surface area (Å²) >= 11 is 0. The molecule has 0 aliphatic rings. The van der Waals surface area contributed by atoms with Gasteiger partial charge in [0.15, 0.2) is 0 Å². The van der Waals surface area contributed by atoms with Crippen LogP contribution in [0.15, 0.2) is 24.3 Å². The van der Waals surface area contributed by atoms with Crippen LogP contribution in [-0.4, -0.2) is 12.2 Å². The molecular formula is C14H24N2O. The number of hydrogen-bond acceptors (Lipinski definition) is 3. The van der Waals surface area contributed by atoms with E-state index < -0.39 is 0 Å². The van der Waals surface area contributed by atoms with E-state index in [9.17, 15) is 0 Å². The Labute approximate surface area is 104 Å². The summed E-state index contributed by atoms with van der Waals surface area (Å²) in [4.78, 5) is 0. The molecule has 3 N–H and O–H groups in total. The molecule has 0 radical (unpaired) electrons. The van der Waals surface area contributed by atoms with Crippen LogP contribution < -0.4 is 11.3 Å². The first-order valence-corrected chi connectivity index (χ1v) is 6.15. The Morgan fingerprint density at radius 2 is 2.06 bits per heavy atom. The van der Waals surface area contributed by atoms with Gasteiger partial charge in [0.05, 0.1) is 18.2 Å². The van der Waals surface area contributed by atoms with Crippen molar-refractivity contribution in [3.8, 4) is 0 Å². The minimum absolute atomic E-state index is 0.0423. The maximum Gasteiger partial charge on any atom is 0.0694 e. The largest absolute Gasteiger partial charge is 0.374 e. The minimum Gasteiger partial charge on any atom is -0.374 e. The molecule has 0 heterocycles. The predicted molar refractivity (Wildman–Crippen MR) is 71.6 cm³/mol. The summed E-state index contributed by atoms with van der Waals surface area (Å²) in [6.07, 6.45) is 1.03. The quantitative estimate of drug-likeness (QED) is 0.610. The molecule has 1 rings (SSSR count). The Morgan fingerprint density at radius 3 is 2.59 bits per heavy atom. The summed E-state index contributed by atoms with van der Waals surface area (Å²) in [5, 5.41) is 0. The van der Waals surface area contributed by atoms with E-state index in [1.165, 1.54) is 11.1 Å². The Bertz CT molecular complexity index is 344. The lowest BCUT2D eigenvalue weighted by Crippen LogP contribution is -2.34. The summed E-state index contributed by atoms with van der Waals surface area (Å²) in [6.45, 7) is 8.86. The third-order valence-corrected chi connectivity index (χ3v) is 2.65. The van der Waals surface area contributed by atoms with Crippen LogP contribution in [-0.2, 0) is 11.2 Å². The molecule has 17 heavy (non-hydrogen) atoms. The van der Waals surface area contributed by atoms with E-state index in [2.05, 4.69) is 36.6 Å². The normalized spacial score (nSPS) is 13.7. The van der Waals surface area contributed by atoms with Crippen molar-refractivity contribution in [3.63, 3.8) is 0 Å². The van der Waals surface area contributed by atoms with Crippen LogP contribution >= 0.6 is 0 Å². The van der Waals surface area contributed by atoms with Crippen LogP contribution in [0.2, 0.25) is 0 Å². The van der Waals surface area contributed by atoms with Crippen LogP contribution in [0.1, 0.15) is 44.9 Å². The monoisotopic (exact) mass is 236 g/mol. The summed E-state index contributed by atoms with van der Waals surface area (Å²) in [7, 11) is 0. The number of nitrogens with one attached hydrogen (secondary N) is 1. The first kappa shape index (κ1) is 14.2. The van der Waals surface area contributed by atoms with Gasteiger partial charge >= 0.3 is 0 Å². The van der Waals surface area contributed by atoms with E-state index >= 15 is 0 Å². The average Bonchev–Trinajstić information content (AvgIpc) is 2.29. The molecule has 1 aromatic rings. The molecule has 0 spiro atoms. The van der Waals surface area contributed by atoms with Gasteiger partial charge in [0, 0.05) is 0 Å². The minimum atomic E-state index is -0.141. The molecular weight excluding hydrogens is 212 g/mol. The third kappa shape index (κ3) is 4.86. The standard InChI is InChI=1S/C14H24N2O/c1-5-11-7-6-8-12(9-11)13(16-15)10-17-14(2,3)4/h6-9,13,16H,5,10,15H2,1-4H3. The summed E-state index contributed by atoms with van der Waals surface area (Å²) < 4.78 is 5.77. The van der Waals surface area contributed by atoms with Gasteiger partial charge in [0.2, 0.25) is 0 Å². The highest BCUT2D eigenvalue weighted by molar-refractivity contribution is 5.26. The maximum absolute atomic E-state index is 5.77. The van der Waals surface area contributed by atoms with Crippen LogP contribution in [0.3, 0.4) is 0 Å². The number of aryl methyl sites for hydroxylation is 1. The molecule has 0 aromatic heterocycles. The van der Waals surface area contributed by atoms with Crippen molar-refractivity contribution in [1.29, 1.82) is 0 Å². The fourth-order valence-electron chi connectivity index (χ4n) is 1.60. The van der Waals surface area contributed by atoms with Gasteiger partial charge in [-0.25, -0.2) is 0 Å². The molecule has 3 heteroatoms. The second kappa shape index (κ2) is 6.15. The SMILES string of the molecule is CCc1cccc(C(COC(C)(C)C)NN)c1. The molecule has 0 saturated carbocycles. The van der Waals surface area contributed by atoms with Crippen molar-refractivity contribution in [2.75, 3.05) is 6.61 Å². The first-order chi connectivity index (χ1) is 7.96. The maximum atomic E-state index is 5.77. The summed E-state index contributed by atoms with van der Waals surface area (Å²) in [6, 6.07) is 8.49. The number of hydrazine groups is 1. The lowest BCUT2D eigenvalue weighted by Gasteiger charge is -2.24. The van der Waals surface area contributed by atoms with Crippen molar-refractivity contribution in [1.82, 2.24) is 5.43 Å². The second-order valence-corrected chi connectivity index (χ2v) is 5.24. The van der Waals surface area contributed by atoms with E-state index in [1.54, 1.807) is 0 Å². The van der Waals surface area contributed by atoms with Crippen molar-refractivity contribution in [2.45, 2.75) is 45.8 Å². The summed E-state index contributed by atoms with van der Waals surface area (Å²) in [5.41, 5.74) is 5.17.